The second kappa shape index (κ2) is 6.70. The molecule has 18 heavy (non-hydrogen) atoms. The predicted octanol–water partition coefficient (Wildman–Crippen LogP) is 1.52. The molecule has 102 valence electrons. The zero-order valence-corrected chi connectivity index (χ0v) is 11.9. The number of aryl methyl sites for hydroxylation is 1. The highest BCUT2D eigenvalue weighted by atomic mass is 32.2. The monoisotopic (exact) mass is 271 g/mol. The first-order chi connectivity index (χ1) is 8.39. The predicted molar refractivity (Wildman–Crippen MR) is 74.1 cm³/mol. The SMILES string of the molecule is Cc1cc(NS(=O)(=O)CCCNC(C)C)ccn1. The maximum Gasteiger partial charge on any atom is 0.232 e. The van der Waals surface area contributed by atoms with Crippen LogP contribution in [0.1, 0.15) is 26.0 Å². The number of anilines is 1. The molecule has 0 unspecified atom stereocenters. The molecular weight excluding hydrogens is 250 g/mol. The van der Waals surface area contributed by atoms with E-state index in [1.165, 1.54) is 0 Å². The van der Waals surface area contributed by atoms with Crippen LogP contribution in [-0.4, -0.2) is 31.7 Å². The summed E-state index contributed by atoms with van der Waals surface area (Å²) < 4.78 is 26.1. The Morgan fingerprint density at radius 3 is 2.72 bits per heavy atom. The molecule has 1 aromatic rings. The first-order valence-electron chi connectivity index (χ1n) is 6.05. The number of pyridine rings is 1. The molecule has 1 rings (SSSR count). The van der Waals surface area contributed by atoms with Gasteiger partial charge >= 0.3 is 0 Å². The maximum absolute atomic E-state index is 11.8. The van der Waals surface area contributed by atoms with Gasteiger partial charge in [0.15, 0.2) is 0 Å². The van der Waals surface area contributed by atoms with E-state index >= 15 is 0 Å². The number of hydrogen-bond donors (Lipinski definition) is 2. The van der Waals surface area contributed by atoms with Gasteiger partial charge in [-0.3, -0.25) is 9.71 Å². The minimum absolute atomic E-state index is 0.119. The fourth-order valence-electron chi connectivity index (χ4n) is 1.49. The summed E-state index contributed by atoms with van der Waals surface area (Å²) in [5.41, 5.74) is 1.36. The number of rotatable bonds is 7. The van der Waals surface area contributed by atoms with Gasteiger partial charge in [0.1, 0.15) is 0 Å². The van der Waals surface area contributed by atoms with Gasteiger partial charge in [0.05, 0.1) is 11.4 Å². The summed E-state index contributed by atoms with van der Waals surface area (Å²) in [5, 5.41) is 3.19. The van der Waals surface area contributed by atoms with Crippen LogP contribution >= 0.6 is 0 Å². The smallest absolute Gasteiger partial charge is 0.232 e. The molecule has 5 nitrogen and oxygen atoms in total. The van der Waals surface area contributed by atoms with Crippen LogP contribution < -0.4 is 10.0 Å². The summed E-state index contributed by atoms with van der Waals surface area (Å²) in [6.07, 6.45) is 2.19. The van der Waals surface area contributed by atoms with E-state index in [1.807, 2.05) is 20.8 Å². The molecule has 0 aliphatic carbocycles. The number of hydrogen-bond acceptors (Lipinski definition) is 4. The van der Waals surface area contributed by atoms with Crippen molar-refractivity contribution in [2.24, 2.45) is 0 Å². The third-order valence-corrected chi connectivity index (χ3v) is 3.69. The van der Waals surface area contributed by atoms with E-state index in [-0.39, 0.29) is 5.75 Å². The van der Waals surface area contributed by atoms with Crippen molar-refractivity contribution in [2.75, 3.05) is 17.0 Å². The number of nitrogens with zero attached hydrogens (tertiary/aromatic N) is 1. The summed E-state index contributed by atoms with van der Waals surface area (Å²) in [7, 11) is -3.27. The van der Waals surface area contributed by atoms with Crippen LogP contribution in [0.25, 0.3) is 0 Å². The van der Waals surface area contributed by atoms with Crippen LogP contribution in [0.15, 0.2) is 18.3 Å². The maximum atomic E-state index is 11.8. The average molecular weight is 271 g/mol. The molecule has 6 heteroatoms. The number of sulfonamides is 1. The molecule has 0 saturated heterocycles. The van der Waals surface area contributed by atoms with Crippen molar-refractivity contribution in [2.45, 2.75) is 33.2 Å². The molecule has 0 aliphatic rings. The lowest BCUT2D eigenvalue weighted by atomic mass is 10.3. The normalized spacial score (nSPS) is 11.8. The van der Waals surface area contributed by atoms with Crippen molar-refractivity contribution in [3.63, 3.8) is 0 Å². The highest BCUT2D eigenvalue weighted by Crippen LogP contribution is 2.09. The Labute approximate surface area is 109 Å². The molecular formula is C12H21N3O2S. The van der Waals surface area contributed by atoms with E-state index in [2.05, 4.69) is 15.0 Å². The molecule has 0 spiro atoms. The van der Waals surface area contributed by atoms with Gasteiger partial charge in [0.25, 0.3) is 0 Å². The third-order valence-electron chi connectivity index (χ3n) is 2.31. The van der Waals surface area contributed by atoms with Gasteiger partial charge in [-0.15, -0.1) is 0 Å². The van der Waals surface area contributed by atoms with Gasteiger partial charge in [0, 0.05) is 17.9 Å². The standard InChI is InChI=1S/C12H21N3O2S/c1-10(2)13-6-4-8-18(16,17)15-12-5-7-14-11(3)9-12/h5,7,9-10,13H,4,6,8H2,1-3H3,(H,14,15). The molecule has 0 amide bonds. The van der Waals surface area contributed by atoms with Crippen LogP contribution in [0.5, 0.6) is 0 Å². The van der Waals surface area contributed by atoms with E-state index in [1.54, 1.807) is 18.3 Å². The van der Waals surface area contributed by atoms with Gasteiger partial charge in [0.2, 0.25) is 10.0 Å². The van der Waals surface area contributed by atoms with E-state index in [0.717, 1.165) is 5.69 Å². The minimum Gasteiger partial charge on any atom is -0.314 e. The number of nitrogens with one attached hydrogen (secondary N) is 2. The molecule has 0 radical (unpaired) electrons. The summed E-state index contributed by atoms with van der Waals surface area (Å²) in [4.78, 5) is 4.02. The van der Waals surface area contributed by atoms with Gasteiger partial charge < -0.3 is 5.32 Å². The van der Waals surface area contributed by atoms with Crippen LogP contribution in [0.4, 0.5) is 5.69 Å². The van der Waals surface area contributed by atoms with Crippen LogP contribution in [0.3, 0.4) is 0 Å². The summed E-state index contributed by atoms with van der Waals surface area (Å²) >= 11 is 0. The molecule has 0 bridgehead atoms. The van der Waals surface area contributed by atoms with Gasteiger partial charge in [-0.25, -0.2) is 8.42 Å². The van der Waals surface area contributed by atoms with Crippen molar-refractivity contribution in [3.05, 3.63) is 24.0 Å². The Balaban J connectivity index is 2.45. The molecule has 0 saturated carbocycles. The molecule has 0 aliphatic heterocycles. The Morgan fingerprint density at radius 1 is 1.39 bits per heavy atom. The van der Waals surface area contributed by atoms with E-state index < -0.39 is 10.0 Å². The van der Waals surface area contributed by atoms with Crippen molar-refractivity contribution < 1.29 is 8.42 Å². The fraction of sp³-hybridized carbons (Fsp3) is 0.583. The van der Waals surface area contributed by atoms with Crippen LogP contribution in [0, 0.1) is 6.92 Å². The van der Waals surface area contributed by atoms with Crippen molar-refractivity contribution in [1.29, 1.82) is 0 Å². The highest BCUT2D eigenvalue weighted by Gasteiger charge is 2.10. The second-order valence-corrected chi connectivity index (χ2v) is 6.41. The fourth-order valence-corrected chi connectivity index (χ4v) is 2.61. The summed E-state index contributed by atoms with van der Waals surface area (Å²) in [6, 6.07) is 3.74. The van der Waals surface area contributed by atoms with Crippen molar-refractivity contribution in [1.82, 2.24) is 10.3 Å². The topological polar surface area (TPSA) is 71.1 Å². The number of aromatic nitrogens is 1. The Kier molecular flexibility index (Phi) is 5.55. The molecule has 0 aromatic carbocycles. The molecule has 1 heterocycles. The minimum atomic E-state index is -3.27. The molecule has 1 aromatic heterocycles. The van der Waals surface area contributed by atoms with E-state index in [9.17, 15) is 8.42 Å². The lowest BCUT2D eigenvalue weighted by Gasteiger charge is -2.10. The third kappa shape index (κ3) is 5.97. The molecule has 0 fully saturated rings. The zero-order chi connectivity index (χ0) is 13.6. The van der Waals surface area contributed by atoms with Gasteiger partial charge in [-0.1, -0.05) is 13.8 Å². The van der Waals surface area contributed by atoms with Crippen molar-refractivity contribution in [3.8, 4) is 0 Å². The first kappa shape index (κ1) is 14.9. The zero-order valence-electron chi connectivity index (χ0n) is 11.1. The largest absolute Gasteiger partial charge is 0.314 e. The second-order valence-electron chi connectivity index (χ2n) is 4.57. The molecule has 0 atom stereocenters. The average Bonchev–Trinajstić information content (AvgIpc) is 2.23. The Bertz CT molecular complexity index is 472. The first-order valence-corrected chi connectivity index (χ1v) is 7.71. The van der Waals surface area contributed by atoms with Crippen LogP contribution in [-0.2, 0) is 10.0 Å². The van der Waals surface area contributed by atoms with Gasteiger partial charge in [-0.05, 0) is 32.0 Å². The summed E-state index contributed by atoms with van der Waals surface area (Å²) in [6.45, 7) is 6.59. The summed E-state index contributed by atoms with van der Waals surface area (Å²) in [5.74, 6) is 0.119. The highest BCUT2D eigenvalue weighted by molar-refractivity contribution is 7.92. The van der Waals surface area contributed by atoms with Crippen molar-refractivity contribution >= 4 is 15.7 Å². The quantitative estimate of drug-likeness (QED) is 0.738. The van der Waals surface area contributed by atoms with Crippen LogP contribution in [0.2, 0.25) is 0 Å². The Morgan fingerprint density at radius 2 is 2.11 bits per heavy atom. The van der Waals surface area contributed by atoms with Gasteiger partial charge in [-0.2, -0.15) is 0 Å². The van der Waals surface area contributed by atoms with E-state index in [0.29, 0.717) is 24.7 Å². The lowest BCUT2D eigenvalue weighted by Crippen LogP contribution is -2.26. The van der Waals surface area contributed by atoms with E-state index in [4.69, 9.17) is 0 Å². The molecule has 2 N–H and O–H groups in total. The lowest BCUT2D eigenvalue weighted by molar-refractivity contribution is 0.571. The Hall–Kier alpha value is -1.14.